The molecule has 0 aliphatic rings. The van der Waals surface area contributed by atoms with Gasteiger partial charge in [0.1, 0.15) is 11.6 Å². The smallest absolute Gasteiger partial charge is 0.311 e. The Bertz CT molecular complexity index is 491. The molecular formula is C10H11F3N2O2. The van der Waals surface area contributed by atoms with Gasteiger partial charge >= 0.3 is 6.18 Å². The molecular weight excluding hydrogens is 237 g/mol. The van der Waals surface area contributed by atoms with E-state index in [4.69, 9.17) is 0 Å². The Labute approximate surface area is 94.9 Å². The van der Waals surface area contributed by atoms with Crippen LogP contribution in [0.25, 0.3) is 0 Å². The number of nitrogens with zero attached hydrogens (tertiary/aromatic N) is 1. The highest BCUT2D eigenvalue weighted by Gasteiger charge is 2.36. The third-order valence-electron chi connectivity index (χ3n) is 2.13. The molecule has 0 saturated carbocycles. The van der Waals surface area contributed by atoms with Crippen molar-refractivity contribution in [3.8, 4) is 0 Å². The highest BCUT2D eigenvalue weighted by molar-refractivity contribution is 5.75. The molecule has 94 valence electrons. The number of H-pyrrole nitrogens is 1. The molecule has 0 unspecified atom stereocenters. The van der Waals surface area contributed by atoms with Crippen molar-refractivity contribution < 1.29 is 18.0 Å². The van der Waals surface area contributed by atoms with E-state index in [0.717, 1.165) is 0 Å². The third kappa shape index (κ3) is 3.40. The minimum absolute atomic E-state index is 0.103. The maximum absolute atomic E-state index is 12.6. The lowest BCUT2D eigenvalue weighted by Gasteiger charge is -2.11. The van der Waals surface area contributed by atoms with Gasteiger partial charge in [-0.1, -0.05) is 0 Å². The van der Waals surface area contributed by atoms with Gasteiger partial charge in [0, 0.05) is 12.0 Å². The number of hydrogen-bond acceptors (Lipinski definition) is 3. The fourth-order valence-electron chi connectivity index (χ4n) is 1.38. The van der Waals surface area contributed by atoms with E-state index in [2.05, 4.69) is 9.97 Å². The quantitative estimate of drug-likeness (QED) is 0.884. The van der Waals surface area contributed by atoms with Gasteiger partial charge in [-0.25, -0.2) is 4.98 Å². The van der Waals surface area contributed by atoms with Crippen LogP contribution in [0.2, 0.25) is 0 Å². The summed E-state index contributed by atoms with van der Waals surface area (Å²) >= 11 is 0. The topological polar surface area (TPSA) is 62.8 Å². The lowest BCUT2D eigenvalue weighted by Crippen LogP contribution is -2.24. The molecule has 0 aliphatic heterocycles. The zero-order chi connectivity index (χ0) is 13.2. The molecule has 1 aromatic rings. The van der Waals surface area contributed by atoms with Crippen LogP contribution in [-0.4, -0.2) is 15.8 Å². The van der Waals surface area contributed by atoms with Crippen molar-refractivity contribution in [2.75, 3.05) is 0 Å². The molecule has 1 aromatic heterocycles. The SMILES string of the molecule is CC(=O)CCc1c(C(F)(F)F)nc(C)[nH]c1=O. The monoisotopic (exact) mass is 248 g/mol. The van der Waals surface area contributed by atoms with Crippen molar-refractivity contribution in [1.82, 2.24) is 9.97 Å². The Hall–Kier alpha value is -1.66. The van der Waals surface area contributed by atoms with Gasteiger partial charge in [0.25, 0.3) is 5.56 Å². The van der Waals surface area contributed by atoms with E-state index in [1.807, 2.05) is 0 Å². The van der Waals surface area contributed by atoms with Gasteiger partial charge in [0.05, 0.1) is 0 Å². The molecule has 0 radical (unpaired) electrons. The molecule has 0 fully saturated rings. The standard InChI is InChI=1S/C10H11F3N2O2/c1-5(16)3-4-7-8(10(11,12)13)14-6(2)15-9(7)17/h3-4H2,1-2H3,(H,14,15,17). The van der Waals surface area contributed by atoms with Crippen LogP contribution in [-0.2, 0) is 17.4 Å². The Kier molecular flexibility index (Phi) is 3.69. The van der Waals surface area contributed by atoms with Crippen LogP contribution < -0.4 is 5.56 Å². The normalized spacial score (nSPS) is 11.6. The first-order valence-corrected chi connectivity index (χ1v) is 4.88. The summed E-state index contributed by atoms with van der Waals surface area (Å²) in [6.07, 6.45) is -5.06. The maximum Gasteiger partial charge on any atom is 0.433 e. The van der Waals surface area contributed by atoms with Crippen molar-refractivity contribution in [1.29, 1.82) is 0 Å². The summed E-state index contributed by atoms with van der Waals surface area (Å²) < 4.78 is 37.9. The van der Waals surface area contributed by atoms with Crippen LogP contribution in [0.15, 0.2) is 4.79 Å². The van der Waals surface area contributed by atoms with E-state index >= 15 is 0 Å². The fraction of sp³-hybridized carbons (Fsp3) is 0.500. The van der Waals surface area contributed by atoms with Crippen LogP contribution in [0.3, 0.4) is 0 Å². The second-order valence-corrected chi connectivity index (χ2v) is 3.68. The van der Waals surface area contributed by atoms with Crippen molar-refractivity contribution in [2.45, 2.75) is 32.9 Å². The summed E-state index contributed by atoms with van der Waals surface area (Å²) in [4.78, 5) is 27.6. The molecule has 0 atom stereocenters. The van der Waals surface area contributed by atoms with E-state index < -0.39 is 23.0 Å². The number of aryl methyl sites for hydroxylation is 1. The molecule has 1 rings (SSSR count). The third-order valence-corrected chi connectivity index (χ3v) is 2.13. The number of carbonyl (C=O) groups excluding carboxylic acids is 1. The van der Waals surface area contributed by atoms with Crippen LogP contribution >= 0.6 is 0 Å². The van der Waals surface area contributed by atoms with Crippen LogP contribution in [0.1, 0.15) is 30.4 Å². The van der Waals surface area contributed by atoms with Crippen LogP contribution in [0, 0.1) is 6.92 Å². The second kappa shape index (κ2) is 4.68. The van der Waals surface area contributed by atoms with Gasteiger partial charge in [-0.05, 0) is 20.3 Å². The Balaban J connectivity index is 3.26. The Morgan fingerprint density at radius 3 is 2.47 bits per heavy atom. The van der Waals surface area contributed by atoms with Crippen LogP contribution in [0.5, 0.6) is 0 Å². The fourth-order valence-corrected chi connectivity index (χ4v) is 1.38. The van der Waals surface area contributed by atoms with Gasteiger partial charge in [0.2, 0.25) is 0 Å². The number of ketones is 1. The number of carbonyl (C=O) groups is 1. The van der Waals surface area contributed by atoms with Gasteiger partial charge < -0.3 is 9.78 Å². The zero-order valence-electron chi connectivity index (χ0n) is 9.31. The maximum atomic E-state index is 12.6. The number of halogens is 3. The molecule has 17 heavy (non-hydrogen) atoms. The number of aromatic nitrogens is 2. The lowest BCUT2D eigenvalue weighted by molar-refractivity contribution is -0.142. The average molecular weight is 248 g/mol. The predicted octanol–water partition coefficient (Wildman–Crippen LogP) is 1.62. The van der Waals surface area contributed by atoms with E-state index in [0.29, 0.717) is 0 Å². The van der Waals surface area contributed by atoms with Gasteiger partial charge in [-0.3, -0.25) is 4.79 Å². The molecule has 4 nitrogen and oxygen atoms in total. The molecule has 0 saturated heterocycles. The molecule has 0 aromatic carbocycles. The van der Waals surface area contributed by atoms with E-state index in [9.17, 15) is 22.8 Å². The summed E-state index contributed by atoms with van der Waals surface area (Å²) in [5, 5.41) is 0. The summed E-state index contributed by atoms with van der Waals surface area (Å²) in [5.74, 6) is -0.382. The molecule has 0 amide bonds. The summed E-state index contributed by atoms with van der Waals surface area (Å²) in [7, 11) is 0. The molecule has 0 spiro atoms. The Morgan fingerprint density at radius 2 is 2.00 bits per heavy atom. The van der Waals surface area contributed by atoms with E-state index in [-0.39, 0.29) is 24.4 Å². The van der Waals surface area contributed by atoms with E-state index in [1.165, 1.54) is 13.8 Å². The molecule has 0 bridgehead atoms. The first kappa shape index (κ1) is 13.4. The minimum atomic E-state index is -4.69. The van der Waals surface area contributed by atoms with Crippen molar-refractivity contribution in [3.63, 3.8) is 0 Å². The number of Topliss-reactive ketones (excluding diaryl/α,β-unsaturated/α-hetero) is 1. The largest absolute Gasteiger partial charge is 0.433 e. The van der Waals surface area contributed by atoms with Gasteiger partial charge in [-0.2, -0.15) is 13.2 Å². The molecule has 1 heterocycles. The summed E-state index contributed by atoms with van der Waals surface area (Å²) in [6, 6.07) is 0. The number of aromatic amines is 1. The number of rotatable bonds is 3. The average Bonchev–Trinajstić information content (AvgIpc) is 2.13. The highest BCUT2D eigenvalue weighted by atomic mass is 19.4. The number of hydrogen-bond donors (Lipinski definition) is 1. The minimum Gasteiger partial charge on any atom is -0.311 e. The van der Waals surface area contributed by atoms with Crippen molar-refractivity contribution >= 4 is 5.78 Å². The van der Waals surface area contributed by atoms with Crippen molar-refractivity contribution in [3.05, 3.63) is 27.4 Å². The van der Waals surface area contributed by atoms with Crippen LogP contribution in [0.4, 0.5) is 13.2 Å². The summed E-state index contributed by atoms with van der Waals surface area (Å²) in [5.41, 5.74) is -2.54. The summed E-state index contributed by atoms with van der Waals surface area (Å²) in [6.45, 7) is 2.52. The zero-order valence-corrected chi connectivity index (χ0v) is 9.31. The molecule has 0 aliphatic carbocycles. The van der Waals surface area contributed by atoms with Crippen molar-refractivity contribution in [2.24, 2.45) is 0 Å². The predicted molar refractivity (Wildman–Crippen MR) is 53.6 cm³/mol. The second-order valence-electron chi connectivity index (χ2n) is 3.68. The molecule has 1 N–H and O–H groups in total. The Morgan fingerprint density at radius 1 is 1.41 bits per heavy atom. The molecule has 7 heteroatoms. The highest BCUT2D eigenvalue weighted by Crippen LogP contribution is 2.29. The van der Waals surface area contributed by atoms with Gasteiger partial charge in [-0.15, -0.1) is 0 Å². The number of alkyl halides is 3. The van der Waals surface area contributed by atoms with Gasteiger partial charge in [0.15, 0.2) is 5.69 Å². The van der Waals surface area contributed by atoms with E-state index in [1.54, 1.807) is 0 Å². The lowest BCUT2D eigenvalue weighted by atomic mass is 10.1. The first-order chi connectivity index (χ1) is 7.71. The first-order valence-electron chi connectivity index (χ1n) is 4.88. The number of nitrogens with one attached hydrogen (secondary N) is 1.